The Bertz CT molecular complexity index is 474. The van der Waals surface area contributed by atoms with Crippen LogP contribution in [0, 0.1) is 0 Å². The third kappa shape index (κ3) is 3.96. The van der Waals surface area contributed by atoms with Crippen molar-refractivity contribution in [1.82, 2.24) is 10.3 Å². The molecule has 0 radical (unpaired) electrons. The number of rotatable bonds is 3. The van der Waals surface area contributed by atoms with Crippen LogP contribution in [0.3, 0.4) is 0 Å². The summed E-state index contributed by atoms with van der Waals surface area (Å²) in [6.07, 6.45) is 3.11. The number of carbonyl (C=O) groups excluding carboxylic acids is 1. The molecule has 0 aromatic carbocycles. The van der Waals surface area contributed by atoms with Gasteiger partial charge >= 0.3 is 0 Å². The zero-order chi connectivity index (χ0) is 14.8. The second-order valence-electron chi connectivity index (χ2n) is 6.30. The first-order valence-electron chi connectivity index (χ1n) is 6.85. The second kappa shape index (κ2) is 6.03. The molecule has 0 unspecified atom stereocenters. The molecule has 0 spiro atoms. The van der Waals surface area contributed by atoms with Crippen molar-refractivity contribution in [1.29, 1.82) is 0 Å². The highest BCUT2D eigenvalue weighted by Gasteiger charge is 2.30. The van der Waals surface area contributed by atoms with Gasteiger partial charge in [0.25, 0.3) is 5.91 Å². The van der Waals surface area contributed by atoms with Crippen LogP contribution in [0.4, 0.5) is 0 Å². The fourth-order valence-electron chi connectivity index (χ4n) is 1.99. The van der Waals surface area contributed by atoms with Crippen molar-refractivity contribution in [2.75, 3.05) is 18.1 Å². The van der Waals surface area contributed by atoms with Crippen molar-refractivity contribution >= 4 is 29.0 Å². The second-order valence-corrected chi connectivity index (χ2v) is 8.55. The molecule has 2 N–H and O–H groups in total. The maximum atomic E-state index is 12.1. The number of carbonyl (C=O) groups is 1. The van der Waals surface area contributed by atoms with E-state index in [4.69, 9.17) is 0 Å². The van der Waals surface area contributed by atoms with Crippen LogP contribution in [0.25, 0.3) is 0 Å². The molecule has 20 heavy (non-hydrogen) atoms. The van der Waals surface area contributed by atoms with Gasteiger partial charge < -0.3 is 10.4 Å². The predicted octanol–water partition coefficient (Wildman–Crippen LogP) is 2.43. The lowest BCUT2D eigenvalue weighted by Gasteiger charge is -2.31. The smallest absolute Gasteiger partial charge is 0.263 e. The van der Waals surface area contributed by atoms with Crippen molar-refractivity contribution in [3.05, 3.63) is 16.1 Å². The summed E-state index contributed by atoms with van der Waals surface area (Å²) < 4.78 is 0. The number of thiazole rings is 1. The number of nitrogens with one attached hydrogen (secondary N) is 1. The maximum absolute atomic E-state index is 12.1. The molecular formula is C14H22N2O2S2. The van der Waals surface area contributed by atoms with Crippen LogP contribution in [-0.2, 0) is 5.41 Å². The molecule has 6 heteroatoms. The van der Waals surface area contributed by atoms with Gasteiger partial charge in [-0.15, -0.1) is 11.3 Å². The summed E-state index contributed by atoms with van der Waals surface area (Å²) in [4.78, 5) is 17.0. The van der Waals surface area contributed by atoms with E-state index in [1.54, 1.807) is 6.20 Å². The van der Waals surface area contributed by atoms with Gasteiger partial charge in [0.2, 0.25) is 0 Å². The largest absolute Gasteiger partial charge is 0.388 e. The number of hydrogen-bond donors (Lipinski definition) is 2. The van der Waals surface area contributed by atoms with Crippen LogP contribution in [0.2, 0.25) is 0 Å². The molecule has 2 rings (SSSR count). The minimum atomic E-state index is -0.738. The van der Waals surface area contributed by atoms with Gasteiger partial charge in [-0.1, -0.05) is 20.8 Å². The van der Waals surface area contributed by atoms with E-state index in [0.717, 1.165) is 29.4 Å². The molecular weight excluding hydrogens is 292 g/mol. The SMILES string of the molecule is CC(C)(C)c1ncc(C(=O)NCC2(O)CCSCC2)s1. The number of thioether (sulfide) groups is 1. The summed E-state index contributed by atoms with van der Waals surface area (Å²) in [5, 5.41) is 14.2. The van der Waals surface area contributed by atoms with Gasteiger partial charge in [0, 0.05) is 12.0 Å². The highest BCUT2D eigenvalue weighted by molar-refractivity contribution is 7.99. The van der Waals surface area contributed by atoms with Crippen LogP contribution < -0.4 is 5.32 Å². The van der Waals surface area contributed by atoms with Crippen LogP contribution in [-0.4, -0.2) is 39.6 Å². The van der Waals surface area contributed by atoms with Crippen molar-refractivity contribution in [3.63, 3.8) is 0 Å². The molecule has 0 atom stereocenters. The Morgan fingerprint density at radius 2 is 2.10 bits per heavy atom. The Labute approximate surface area is 128 Å². The van der Waals surface area contributed by atoms with Crippen molar-refractivity contribution in [2.45, 2.75) is 44.6 Å². The molecule has 1 aliphatic rings. The number of amides is 1. The van der Waals surface area contributed by atoms with Crippen LogP contribution in [0.1, 0.15) is 48.3 Å². The van der Waals surface area contributed by atoms with Crippen molar-refractivity contribution < 1.29 is 9.90 Å². The fraction of sp³-hybridized carbons (Fsp3) is 0.714. The van der Waals surface area contributed by atoms with Gasteiger partial charge in [-0.3, -0.25) is 4.79 Å². The highest BCUT2D eigenvalue weighted by Crippen LogP contribution is 2.28. The summed E-state index contributed by atoms with van der Waals surface area (Å²) in [7, 11) is 0. The summed E-state index contributed by atoms with van der Waals surface area (Å²) in [5.41, 5.74) is -0.777. The molecule has 1 aromatic rings. The number of hydrogen-bond acceptors (Lipinski definition) is 5. The number of aromatic nitrogens is 1. The summed E-state index contributed by atoms with van der Waals surface area (Å²) >= 11 is 3.28. The predicted molar refractivity (Wildman–Crippen MR) is 84.7 cm³/mol. The van der Waals surface area contributed by atoms with Gasteiger partial charge in [-0.2, -0.15) is 11.8 Å². The van der Waals surface area contributed by atoms with E-state index >= 15 is 0 Å². The topological polar surface area (TPSA) is 62.2 Å². The molecule has 1 aromatic heterocycles. The molecule has 1 aliphatic heterocycles. The molecule has 0 saturated carbocycles. The average molecular weight is 314 g/mol. The molecule has 0 bridgehead atoms. The molecule has 1 saturated heterocycles. The number of aliphatic hydroxyl groups is 1. The van der Waals surface area contributed by atoms with E-state index in [1.165, 1.54) is 11.3 Å². The van der Waals surface area contributed by atoms with Crippen LogP contribution in [0.15, 0.2) is 6.20 Å². The summed E-state index contributed by atoms with van der Waals surface area (Å²) in [6.45, 7) is 6.57. The first-order chi connectivity index (χ1) is 9.30. The lowest BCUT2D eigenvalue weighted by atomic mass is 9.97. The molecule has 1 amide bonds. The Morgan fingerprint density at radius 1 is 1.45 bits per heavy atom. The quantitative estimate of drug-likeness (QED) is 0.899. The minimum absolute atomic E-state index is 0.0397. The van der Waals surface area contributed by atoms with E-state index < -0.39 is 5.60 Å². The Morgan fingerprint density at radius 3 is 2.65 bits per heavy atom. The van der Waals surface area contributed by atoms with Crippen LogP contribution in [0.5, 0.6) is 0 Å². The number of nitrogens with zero attached hydrogens (tertiary/aromatic N) is 1. The van der Waals surface area contributed by atoms with Gasteiger partial charge in [0.15, 0.2) is 0 Å². The zero-order valence-corrected chi connectivity index (χ0v) is 13.9. The first-order valence-corrected chi connectivity index (χ1v) is 8.82. The zero-order valence-electron chi connectivity index (χ0n) is 12.2. The minimum Gasteiger partial charge on any atom is -0.388 e. The molecule has 4 nitrogen and oxygen atoms in total. The Balaban J connectivity index is 1.93. The van der Waals surface area contributed by atoms with Crippen molar-refractivity contribution in [3.8, 4) is 0 Å². The van der Waals surface area contributed by atoms with Gasteiger partial charge in [0.05, 0.1) is 16.8 Å². The normalized spacial score (nSPS) is 18.8. The first kappa shape index (κ1) is 15.8. The molecule has 112 valence electrons. The molecule has 1 fully saturated rings. The van der Waals surface area contributed by atoms with E-state index in [-0.39, 0.29) is 11.3 Å². The standard InChI is InChI=1S/C14H22N2O2S2/c1-13(2,3)12-15-8-10(20-12)11(17)16-9-14(18)4-6-19-7-5-14/h8,18H,4-7,9H2,1-3H3,(H,16,17). The van der Waals surface area contributed by atoms with E-state index in [9.17, 15) is 9.90 Å². The third-order valence-corrected chi connectivity index (χ3v) is 5.78. The Kier molecular flexibility index (Phi) is 4.76. The third-order valence-electron chi connectivity index (χ3n) is 3.37. The average Bonchev–Trinajstić information content (AvgIpc) is 2.86. The van der Waals surface area contributed by atoms with E-state index in [0.29, 0.717) is 11.4 Å². The van der Waals surface area contributed by atoms with E-state index in [2.05, 4.69) is 31.1 Å². The van der Waals surface area contributed by atoms with Gasteiger partial charge in [0.1, 0.15) is 4.88 Å². The lowest BCUT2D eigenvalue weighted by Crippen LogP contribution is -2.45. The maximum Gasteiger partial charge on any atom is 0.263 e. The fourth-order valence-corrected chi connectivity index (χ4v) is 4.13. The van der Waals surface area contributed by atoms with Crippen molar-refractivity contribution in [2.24, 2.45) is 0 Å². The summed E-state index contributed by atoms with van der Waals surface area (Å²) in [6, 6.07) is 0. The lowest BCUT2D eigenvalue weighted by molar-refractivity contribution is 0.0312. The van der Waals surface area contributed by atoms with Gasteiger partial charge in [-0.25, -0.2) is 4.98 Å². The monoisotopic (exact) mass is 314 g/mol. The van der Waals surface area contributed by atoms with Crippen LogP contribution >= 0.6 is 23.1 Å². The Hall–Kier alpha value is -0.590. The summed E-state index contributed by atoms with van der Waals surface area (Å²) in [5.74, 6) is 1.78. The molecule has 0 aliphatic carbocycles. The highest BCUT2D eigenvalue weighted by atomic mass is 32.2. The van der Waals surface area contributed by atoms with E-state index in [1.807, 2.05) is 11.8 Å². The van der Waals surface area contributed by atoms with Gasteiger partial charge in [-0.05, 0) is 24.3 Å². The molecule has 2 heterocycles.